The van der Waals surface area contributed by atoms with Gasteiger partial charge < -0.3 is 4.74 Å². The van der Waals surface area contributed by atoms with Crippen LogP contribution in [0.5, 0.6) is 0 Å². The zero-order valence-electron chi connectivity index (χ0n) is 14.4. The van der Waals surface area contributed by atoms with Crippen molar-refractivity contribution in [2.24, 2.45) is 0 Å². The molecule has 3 rings (SSSR count). The number of carbonyl (C=O) groups is 1. The van der Waals surface area contributed by atoms with E-state index in [4.69, 9.17) is 4.74 Å². The van der Waals surface area contributed by atoms with Crippen molar-refractivity contribution in [3.05, 3.63) is 48.3 Å². The summed E-state index contributed by atoms with van der Waals surface area (Å²) in [6.45, 7) is 6.04. The third-order valence-electron chi connectivity index (χ3n) is 4.11. The van der Waals surface area contributed by atoms with Gasteiger partial charge in [0, 0.05) is 28.3 Å². The number of carbonyl (C=O) groups excluding carboxylic acids is 1. The Labute approximate surface area is 147 Å². The fourth-order valence-corrected chi connectivity index (χ4v) is 3.74. The molecular weight excluding hydrogens is 318 g/mol. The monoisotopic (exact) mass is 341 g/mol. The predicted octanol–water partition coefficient (Wildman–Crippen LogP) is 5.06. The zero-order valence-corrected chi connectivity index (χ0v) is 15.2. The number of rotatable bonds is 6. The molecule has 1 aromatic carbocycles. The summed E-state index contributed by atoms with van der Waals surface area (Å²) in [7, 11) is 0. The lowest BCUT2D eigenvalue weighted by molar-refractivity contribution is -0.145. The summed E-state index contributed by atoms with van der Waals surface area (Å²) in [6, 6.07) is 12.4. The van der Waals surface area contributed by atoms with Crippen molar-refractivity contribution in [2.45, 2.75) is 49.2 Å². The van der Waals surface area contributed by atoms with Crippen LogP contribution in [0.25, 0.3) is 11.1 Å². The van der Waals surface area contributed by atoms with Crippen molar-refractivity contribution in [2.75, 3.05) is 6.61 Å². The summed E-state index contributed by atoms with van der Waals surface area (Å²) in [5, 5.41) is 0. The Morgan fingerprint density at radius 2 is 2.00 bits per heavy atom. The Morgan fingerprint density at radius 1 is 1.25 bits per heavy atom. The number of nitrogens with zero attached hydrogens (tertiary/aromatic N) is 1. The number of ether oxygens (including phenoxy) is 1. The Kier molecular flexibility index (Phi) is 4.95. The molecule has 0 aliphatic heterocycles. The minimum Gasteiger partial charge on any atom is -0.465 e. The van der Waals surface area contributed by atoms with Crippen molar-refractivity contribution in [3.63, 3.8) is 0 Å². The first-order chi connectivity index (χ1) is 11.5. The maximum atomic E-state index is 12.2. The largest absolute Gasteiger partial charge is 0.465 e. The molecule has 0 unspecified atom stereocenters. The number of aromatic nitrogens is 1. The van der Waals surface area contributed by atoms with E-state index in [1.54, 1.807) is 0 Å². The SMILES string of the molecule is CCOC(=O)C(C)(C)Sc1ccccc1-c1ccc(C2CC2)nc1. The van der Waals surface area contributed by atoms with Crippen LogP contribution in [0.15, 0.2) is 47.5 Å². The first kappa shape index (κ1) is 17.0. The van der Waals surface area contributed by atoms with E-state index in [-0.39, 0.29) is 5.97 Å². The third kappa shape index (κ3) is 3.81. The molecule has 0 spiro atoms. The van der Waals surface area contributed by atoms with Crippen LogP contribution in [-0.2, 0) is 9.53 Å². The molecule has 0 N–H and O–H groups in total. The maximum Gasteiger partial charge on any atom is 0.321 e. The molecule has 126 valence electrons. The smallest absolute Gasteiger partial charge is 0.321 e. The van der Waals surface area contributed by atoms with E-state index >= 15 is 0 Å². The Balaban J connectivity index is 1.86. The quantitative estimate of drug-likeness (QED) is 0.544. The first-order valence-electron chi connectivity index (χ1n) is 8.43. The highest BCUT2D eigenvalue weighted by Gasteiger charge is 2.31. The second-order valence-electron chi connectivity index (χ2n) is 6.58. The standard InChI is InChI=1S/C20H23NO2S/c1-4-23-19(22)20(2,3)24-18-8-6-5-7-16(18)15-11-12-17(21-13-15)14-9-10-14/h5-8,11-14H,4,9-10H2,1-3H3. The highest BCUT2D eigenvalue weighted by Crippen LogP contribution is 2.41. The van der Waals surface area contributed by atoms with Crippen LogP contribution < -0.4 is 0 Å². The van der Waals surface area contributed by atoms with Crippen LogP contribution in [-0.4, -0.2) is 22.3 Å². The normalized spacial score (nSPS) is 14.5. The molecule has 24 heavy (non-hydrogen) atoms. The molecule has 1 saturated carbocycles. The lowest BCUT2D eigenvalue weighted by Gasteiger charge is -2.23. The van der Waals surface area contributed by atoms with Crippen molar-refractivity contribution >= 4 is 17.7 Å². The molecule has 1 heterocycles. The third-order valence-corrected chi connectivity index (χ3v) is 5.37. The number of hydrogen-bond donors (Lipinski definition) is 0. The van der Waals surface area contributed by atoms with Crippen LogP contribution in [0.4, 0.5) is 0 Å². The van der Waals surface area contributed by atoms with Crippen LogP contribution in [0.3, 0.4) is 0 Å². The minimum absolute atomic E-state index is 0.188. The van der Waals surface area contributed by atoms with E-state index in [1.807, 2.05) is 39.1 Å². The molecule has 0 radical (unpaired) electrons. The van der Waals surface area contributed by atoms with Gasteiger partial charge in [-0.25, -0.2) is 0 Å². The second kappa shape index (κ2) is 6.98. The van der Waals surface area contributed by atoms with Crippen molar-refractivity contribution < 1.29 is 9.53 Å². The molecule has 0 bridgehead atoms. The summed E-state index contributed by atoms with van der Waals surface area (Å²) in [4.78, 5) is 17.9. The number of benzene rings is 1. The Morgan fingerprint density at radius 3 is 2.62 bits per heavy atom. The van der Waals surface area contributed by atoms with E-state index in [0.29, 0.717) is 12.5 Å². The van der Waals surface area contributed by atoms with Crippen LogP contribution in [0, 0.1) is 0 Å². The van der Waals surface area contributed by atoms with E-state index in [1.165, 1.54) is 30.3 Å². The molecule has 4 heteroatoms. The van der Waals surface area contributed by atoms with Crippen molar-refractivity contribution in [3.8, 4) is 11.1 Å². The van der Waals surface area contributed by atoms with Crippen molar-refractivity contribution in [1.29, 1.82) is 0 Å². The van der Waals surface area contributed by atoms with E-state index < -0.39 is 4.75 Å². The summed E-state index contributed by atoms with van der Waals surface area (Å²) < 4.78 is 4.57. The van der Waals surface area contributed by atoms with Gasteiger partial charge in [0.05, 0.1) is 6.61 Å². The first-order valence-corrected chi connectivity index (χ1v) is 9.24. The lowest BCUT2D eigenvalue weighted by atomic mass is 10.1. The summed E-state index contributed by atoms with van der Waals surface area (Å²) in [6.07, 6.45) is 4.46. The maximum absolute atomic E-state index is 12.2. The van der Waals surface area contributed by atoms with Gasteiger partial charge in [-0.2, -0.15) is 0 Å². The number of thioether (sulfide) groups is 1. The van der Waals surface area contributed by atoms with Gasteiger partial charge >= 0.3 is 5.97 Å². The lowest BCUT2D eigenvalue weighted by Crippen LogP contribution is -2.30. The molecule has 3 nitrogen and oxygen atoms in total. The van der Waals surface area contributed by atoms with Crippen molar-refractivity contribution in [1.82, 2.24) is 4.98 Å². The average molecular weight is 341 g/mol. The molecule has 2 aromatic rings. The topological polar surface area (TPSA) is 39.2 Å². The highest BCUT2D eigenvalue weighted by molar-refractivity contribution is 8.01. The van der Waals surface area contributed by atoms with Gasteiger partial charge in [0.25, 0.3) is 0 Å². The number of pyridine rings is 1. The average Bonchev–Trinajstić information content (AvgIpc) is 3.40. The van der Waals surface area contributed by atoms with E-state index in [9.17, 15) is 4.79 Å². The van der Waals surface area contributed by atoms with E-state index in [2.05, 4.69) is 29.2 Å². The fourth-order valence-electron chi connectivity index (χ4n) is 2.60. The molecule has 0 atom stereocenters. The predicted molar refractivity (Wildman–Crippen MR) is 98.2 cm³/mol. The van der Waals surface area contributed by atoms with Crippen LogP contribution in [0.2, 0.25) is 0 Å². The molecule has 1 aliphatic rings. The molecular formula is C20H23NO2S. The van der Waals surface area contributed by atoms with Gasteiger partial charge in [-0.1, -0.05) is 24.3 Å². The Bertz CT molecular complexity index is 721. The number of hydrogen-bond acceptors (Lipinski definition) is 4. The zero-order chi connectivity index (χ0) is 17.2. The van der Waals surface area contributed by atoms with Crippen LogP contribution in [0.1, 0.15) is 45.2 Å². The second-order valence-corrected chi connectivity index (χ2v) is 8.24. The molecule has 1 aliphatic carbocycles. The molecule has 0 amide bonds. The fraction of sp³-hybridized carbons (Fsp3) is 0.400. The summed E-state index contributed by atoms with van der Waals surface area (Å²) >= 11 is 1.54. The van der Waals surface area contributed by atoms with Gasteiger partial charge in [0.2, 0.25) is 0 Å². The molecule has 1 aromatic heterocycles. The van der Waals surface area contributed by atoms with Crippen LogP contribution >= 0.6 is 11.8 Å². The van der Waals surface area contributed by atoms with Gasteiger partial charge in [-0.3, -0.25) is 9.78 Å². The minimum atomic E-state index is -0.631. The highest BCUT2D eigenvalue weighted by atomic mass is 32.2. The van der Waals surface area contributed by atoms with Gasteiger partial charge in [-0.05, 0) is 51.3 Å². The van der Waals surface area contributed by atoms with Gasteiger partial charge in [0.1, 0.15) is 4.75 Å². The number of esters is 1. The summed E-state index contributed by atoms with van der Waals surface area (Å²) in [5.41, 5.74) is 3.38. The van der Waals surface area contributed by atoms with Gasteiger partial charge in [-0.15, -0.1) is 11.8 Å². The summed E-state index contributed by atoms with van der Waals surface area (Å²) in [5.74, 6) is 0.471. The Hall–Kier alpha value is -1.81. The van der Waals surface area contributed by atoms with Gasteiger partial charge in [0.15, 0.2) is 0 Å². The molecule has 1 fully saturated rings. The molecule has 0 saturated heterocycles. The van der Waals surface area contributed by atoms with E-state index in [0.717, 1.165) is 16.0 Å².